The van der Waals surface area contributed by atoms with Crippen LogP contribution in [0.5, 0.6) is 0 Å². The summed E-state index contributed by atoms with van der Waals surface area (Å²) in [7, 11) is -5.00. The molecule has 0 aromatic rings. The van der Waals surface area contributed by atoms with E-state index in [0.29, 0.717) is 12.8 Å². The van der Waals surface area contributed by atoms with E-state index in [1.54, 1.807) is 0 Å². The van der Waals surface area contributed by atoms with E-state index < -0.39 is 45.7 Å². The Labute approximate surface area is 152 Å². The van der Waals surface area contributed by atoms with Crippen molar-refractivity contribution in [2.75, 3.05) is 0 Å². The van der Waals surface area contributed by atoms with Crippen molar-refractivity contribution in [2.45, 2.75) is 55.8 Å². The fourth-order valence-electron chi connectivity index (χ4n) is 2.44. The number of rotatable bonds is 7. The van der Waals surface area contributed by atoms with Crippen molar-refractivity contribution < 1.29 is 62.0 Å². The zero-order valence-corrected chi connectivity index (χ0v) is 15.4. The average Bonchev–Trinajstić information content (AvgIpc) is 2.37. The van der Waals surface area contributed by atoms with Crippen molar-refractivity contribution in [3.8, 4) is 0 Å². The first-order valence-corrected chi connectivity index (χ1v) is 8.16. The third-order valence-corrected chi connectivity index (χ3v) is 5.06. The smallest absolute Gasteiger partial charge is 0.550 e. The van der Waals surface area contributed by atoms with Gasteiger partial charge in [-0.1, -0.05) is 12.5 Å². The van der Waals surface area contributed by atoms with Crippen LogP contribution in [0.3, 0.4) is 0 Å². The third-order valence-electron chi connectivity index (χ3n) is 3.60. The number of allylic oxidation sites excluding steroid dienone is 1. The SMILES string of the molecule is C=CCC(CC(=O)[O-])(C(=O)OC1CCCCC1)S(=O)(=O)O.[Na+]. The van der Waals surface area contributed by atoms with Crippen molar-refractivity contribution in [3.05, 3.63) is 12.7 Å². The molecular weight excluding hydrogens is 323 g/mol. The van der Waals surface area contributed by atoms with E-state index in [1.165, 1.54) is 0 Å². The van der Waals surface area contributed by atoms with Gasteiger partial charge in [0.05, 0.1) is 0 Å². The van der Waals surface area contributed by atoms with Crippen molar-refractivity contribution >= 4 is 22.1 Å². The molecule has 1 N–H and O–H groups in total. The minimum atomic E-state index is -5.00. The zero-order valence-electron chi connectivity index (χ0n) is 12.6. The molecule has 0 radical (unpaired) electrons. The van der Waals surface area contributed by atoms with Crippen LogP contribution in [0.15, 0.2) is 12.7 Å². The van der Waals surface area contributed by atoms with E-state index in [1.807, 2.05) is 0 Å². The number of carbonyl (C=O) groups excluding carboxylic acids is 2. The minimum absolute atomic E-state index is 0. The quantitative estimate of drug-likeness (QED) is 0.230. The van der Waals surface area contributed by atoms with Gasteiger partial charge in [0.2, 0.25) is 4.75 Å². The summed E-state index contributed by atoms with van der Waals surface area (Å²) in [5.74, 6) is -3.03. The number of carboxylic acid groups (broad SMARTS) is 1. The molecule has 1 unspecified atom stereocenters. The molecule has 0 heterocycles. The molecule has 0 bridgehead atoms. The molecule has 1 fully saturated rings. The van der Waals surface area contributed by atoms with Gasteiger partial charge in [-0.2, -0.15) is 8.42 Å². The summed E-state index contributed by atoms with van der Waals surface area (Å²) >= 11 is 0. The maximum absolute atomic E-state index is 12.2. The Balaban J connectivity index is 0.00000441. The monoisotopic (exact) mass is 342 g/mol. The molecule has 1 atom stereocenters. The molecule has 0 aromatic carbocycles. The molecule has 1 aliphatic carbocycles. The topological polar surface area (TPSA) is 121 Å². The maximum Gasteiger partial charge on any atom is 1.00 e. The molecule has 22 heavy (non-hydrogen) atoms. The molecule has 1 rings (SSSR count). The van der Waals surface area contributed by atoms with Gasteiger partial charge in [-0.15, -0.1) is 6.58 Å². The Hall–Kier alpha value is -0.410. The molecule has 0 saturated heterocycles. The normalized spacial score (nSPS) is 18.6. The standard InChI is InChI=1S/C13H20O7S.Na/c1-2-8-13(9-11(14)15,21(17,18)19)12(16)20-10-6-4-3-5-7-10;/h2,10H,1,3-9H2,(H,14,15)(H,17,18,19);/q;+1/p-1. The van der Waals surface area contributed by atoms with E-state index in [4.69, 9.17) is 4.74 Å². The van der Waals surface area contributed by atoms with Crippen LogP contribution >= 0.6 is 0 Å². The van der Waals surface area contributed by atoms with E-state index in [-0.39, 0.29) is 29.6 Å². The van der Waals surface area contributed by atoms with Gasteiger partial charge in [0.25, 0.3) is 10.1 Å². The summed E-state index contributed by atoms with van der Waals surface area (Å²) in [6, 6.07) is 0. The van der Waals surface area contributed by atoms with Crippen LogP contribution in [0.4, 0.5) is 0 Å². The van der Waals surface area contributed by atoms with Gasteiger partial charge in [-0.3, -0.25) is 9.35 Å². The predicted octanol–water partition coefficient (Wildman–Crippen LogP) is -2.79. The second kappa shape index (κ2) is 9.02. The number of carbonyl (C=O) groups is 2. The Morgan fingerprint density at radius 3 is 2.27 bits per heavy atom. The maximum atomic E-state index is 12.2. The zero-order chi connectivity index (χ0) is 16.1. The number of carboxylic acids is 1. The van der Waals surface area contributed by atoms with Gasteiger partial charge in [-0.25, -0.2) is 0 Å². The van der Waals surface area contributed by atoms with Gasteiger partial charge in [0, 0.05) is 12.4 Å². The van der Waals surface area contributed by atoms with Crippen molar-refractivity contribution in [3.63, 3.8) is 0 Å². The second-order valence-corrected chi connectivity index (χ2v) is 6.91. The molecule has 0 aromatic heterocycles. The summed E-state index contributed by atoms with van der Waals surface area (Å²) in [4.78, 5) is 23.0. The van der Waals surface area contributed by atoms with Crippen molar-refractivity contribution in [1.82, 2.24) is 0 Å². The summed E-state index contributed by atoms with van der Waals surface area (Å²) in [6.07, 6.45) is 2.73. The second-order valence-electron chi connectivity index (χ2n) is 5.18. The van der Waals surface area contributed by atoms with Crippen LogP contribution in [-0.4, -0.2) is 35.8 Å². The molecule has 0 aliphatic heterocycles. The first kappa shape index (κ1) is 21.6. The molecule has 7 nitrogen and oxygen atoms in total. The minimum Gasteiger partial charge on any atom is -0.550 e. The van der Waals surface area contributed by atoms with Crippen LogP contribution in [0.25, 0.3) is 0 Å². The predicted molar refractivity (Wildman–Crippen MR) is 71.7 cm³/mol. The Bertz CT molecular complexity index is 510. The van der Waals surface area contributed by atoms with Crippen LogP contribution in [-0.2, 0) is 24.4 Å². The molecule has 1 aliphatic rings. The van der Waals surface area contributed by atoms with Crippen LogP contribution < -0.4 is 34.7 Å². The van der Waals surface area contributed by atoms with Crippen LogP contribution in [0.2, 0.25) is 0 Å². The fourth-order valence-corrected chi connectivity index (χ4v) is 3.33. The Morgan fingerprint density at radius 1 is 1.32 bits per heavy atom. The van der Waals surface area contributed by atoms with E-state index in [0.717, 1.165) is 25.3 Å². The molecule has 9 heteroatoms. The number of esters is 1. The molecule has 1 saturated carbocycles. The largest absolute Gasteiger partial charge is 1.00 e. The average molecular weight is 342 g/mol. The number of aliphatic carboxylic acids is 1. The first-order chi connectivity index (χ1) is 9.73. The summed E-state index contributed by atoms with van der Waals surface area (Å²) in [6.45, 7) is 3.30. The van der Waals surface area contributed by atoms with Gasteiger partial charge >= 0.3 is 35.5 Å². The van der Waals surface area contributed by atoms with Crippen LogP contribution in [0, 0.1) is 0 Å². The van der Waals surface area contributed by atoms with Crippen molar-refractivity contribution in [2.24, 2.45) is 0 Å². The van der Waals surface area contributed by atoms with E-state index in [2.05, 4.69) is 6.58 Å². The summed E-state index contributed by atoms with van der Waals surface area (Å²) < 4.78 is 35.0. The van der Waals surface area contributed by atoms with Crippen molar-refractivity contribution in [1.29, 1.82) is 0 Å². The summed E-state index contributed by atoms with van der Waals surface area (Å²) in [5.41, 5.74) is 0. The van der Waals surface area contributed by atoms with Gasteiger partial charge in [0.1, 0.15) is 6.10 Å². The Morgan fingerprint density at radius 2 is 1.86 bits per heavy atom. The van der Waals surface area contributed by atoms with E-state index in [9.17, 15) is 27.7 Å². The number of ether oxygens (including phenoxy) is 1. The summed E-state index contributed by atoms with van der Waals surface area (Å²) in [5, 5.41) is 10.8. The van der Waals surface area contributed by atoms with Gasteiger partial charge < -0.3 is 14.6 Å². The van der Waals surface area contributed by atoms with Gasteiger partial charge in [0.15, 0.2) is 0 Å². The molecule has 0 amide bonds. The first-order valence-electron chi connectivity index (χ1n) is 6.72. The van der Waals surface area contributed by atoms with Crippen LogP contribution in [0.1, 0.15) is 44.9 Å². The Kier molecular flexibility index (Phi) is 8.86. The number of hydrogen-bond donors (Lipinski definition) is 1. The van der Waals surface area contributed by atoms with Gasteiger partial charge in [-0.05, 0) is 32.1 Å². The molecule has 120 valence electrons. The number of hydrogen-bond acceptors (Lipinski definition) is 6. The molecule has 0 spiro atoms. The fraction of sp³-hybridized carbons (Fsp3) is 0.692. The van der Waals surface area contributed by atoms with E-state index >= 15 is 0 Å². The molecular formula is C13H19NaO7S. The third kappa shape index (κ3) is 5.34.